The summed E-state index contributed by atoms with van der Waals surface area (Å²) in [5.74, 6) is 1.25. The van der Waals surface area contributed by atoms with Gasteiger partial charge in [-0.2, -0.15) is 0 Å². The predicted molar refractivity (Wildman–Crippen MR) is 125 cm³/mol. The lowest BCUT2D eigenvalue weighted by atomic mass is 10.0. The molecule has 1 aromatic heterocycles. The Bertz CT molecular complexity index is 1080. The maximum absolute atomic E-state index is 13.2. The number of nitrogens with zero attached hydrogens (tertiary/aromatic N) is 2. The Morgan fingerprint density at radius 1 is 1.06 bits per heavy atom. The number of fused-ring (bicyclic) bond motifs is 1. The Labute approximate surface area is 188 Å². The van der Waals surface area contributed by atoms with Crippen LogP contribution in [0.4, 0.5) is 11.5 Å². The van der Waals surface area contributed by atoms with Crippen LogP contribution in [0.25, 0.3) is 0 Å². The van der Waals surface area contributed by atoms with Crippen LogP contribution in [0.5, 0.6) is 5.75 Å². The van der Waals surface area contributed by atoms with Crippen molar-refractivity contribution >= 4 is 23.3 Å². The van der Waals surface area contributed by atoms with Crippen molar-refractivity contribution < 1.29 is 14.3 Å². The lowest BCUT2D eigenvalue weighted by Gasteiger charge is -2.33. The molecule has 6 heteroatoms. The van der Waals surface area contributed by atoms with Crippen LogP contribution in [0.3, 0.4) is 0 Å². The summed E-state index contributed by atoms with van der Waals surface area (Å²) in [7, 11) is 0. The van der Waals surface area contributed by atoms with E-state index in [1.54, 1.807) is 17.2 Å². The Morgan fingerprint density at radius 2 is 1.81 bits per heavy atom. The molecule has 1 unspecified atom stereocenters. The largest absolute Gasteiger partial charge is 0.472 e. The summed E-state index contributed by atoms with van der Waals surface area (Å²) in [6.07, 6.45) is 1.73. The van der Waals surface area contributed by atoms with E-state index in [1.807, 2.05) is 60.7 Å². The molecule has 0 radical (unpaired) electrons. The second-order valence-electron chi connectivity index (χ2n) is 8.15. The molecule has 1 atom stereocenters. The zero-order chi connectivity index (χ0) is 22.5. The first kappa shape index (κ1) is 21.6. The zero-order valence-electron chi connectivity index (χ0n) is 18.3. The van der Waals surface area contributed by atoms with Gasteiger partial charge in [0.25, 0.3) is 5.91 Å². The topological polar surface area (TPSA) is 71.5 Å². The normalized spacial score (nSPS) is 15.3. The summed E-state index contributed by atoms with van der Waals surface area (Å²) in [6, 6.07) is 20.9. The van der Waals surface area contributed by atoms with E-state index in [-0.39, 0.29) is 11.8 Å². The highest BCUT2D eigenvalue weighted by Gasteiger charge is 2.36. The summed E-state index contributed by atoms with van der Waals surface area (Å²) in [4.78, 5) is 31.6. The molecular formula is C26H27N3O3. The van der Waals surface area contributed by atoms with E-state index in [0.29, 0.717) is 36.9 Å². The maximum atomic E-state index is 13.2. The van der Waals surface area contributed by atoms with Gasteiger partial charge in [-0.15, -0.1) is 0 Å². The SMILES string of the molecule is CC(C)c1ccc(NC(=O)CCCN2C(=O)C(c3ccccc3)Oc3cccnc32)cc1. The average Bonchev–Trinajstić information content (AvgIpc) is 2.81. The molecule has 3 aromatic rings. The number of aromatic nitrogens is 1. The molecule has 0 spiro atoms. The smallest absolute Gasteiger partial charge is 0.274 e. The number of carbonyl (C=O) groups excluding carboxylic acids is 2. The lowest BCUT2D eigenvalue weighted by molar-refractivity contribution is -0.127. The Morgan fingerprint density at radius 3 is 2.53 bits per heavy atom. The summed E-state index contributed by atoms with van der Waals surface area (Å²) in [5.41, 5.74) is 2.80. The van der Waals surface area contributed by atoms with E-state index in [4.69, 9.17) is 4.74 Å². The van der Waals surface area contributed by atoms with Crippen LogP contribution < -0.4 is 15.0 Å². The van der Waals surface area contributed by atoms with Gasteiger partial charge in [0.1, 0.15) is 0 Å². The molecule has 2 amide bonds. The van der Waals surface area contributed by atoms with Crippen molar-refractivity contribution in [3.05, 3.63) is 84.1 Å². The lowest BCUT2D eigenvalue weighted by Crippen LogP contribution is -2.42. The minimum absolute atomic E-state index is 0.0798. The van der Waals surface area contributed by atoms with Gasteiger partial charge in [0.2, 0.25) is 12.0 Å². The number of pyridine rings is 1. The molecule has 1 aliphatic heterocycles. The van der Waals surface area contributed by atoms with Gasteiger partial charge in [-0.3, -0.25) is 14.5 Å². The number of nitrogens with one attached hydrogen (secondary N) is 1. The number of amides is 2. The van der Waals surface area contributed by atoms with E-state index >= 15 is 0 Å². The van der Waals surface area contributed by atoms with Gasteiger partial charge in [-0.1, -0.05) is 56.3 Å². The number of rotatable bonds is 7. The maximum Gasteiger partial charge on any atom is 0.274 e. The Hall–Kier alpha value is -3.67. The Kier molecular flexibility index (Phi) is 6.50. The van der Waals surface area contributed by atoms with Gasteiger partial charge in [0.05, 0.1) is 0 Å². The molecule has 0 saturated carbocycles. The molecule has 1 aliphatic rings. The van der Waals surface area contributed by atoms with Crippen molar-refractivity contribution in [1.29, 1.82) is 0 Å². The third kappa shape index (κ3) is 4.80. The van der Waals surface area contributed by atoms with Crippen LogP contribution >= 0.6 is 0 Å². The monoisotopic (exact) mass is 429 g/mol. The molecule has 0 bridgehead atoms. The van der Waals surface area contributed by atoms with Crippen LogP contribution in [-0.4, -0.2) is 23.3 Å². The fourth-order valence-electron chi connectivity index (χ4n) is 3.73. The molecule has 4 rings (SSSR count). The number of anilines is 2. The van der Waals surface area contributed by atoms with Crippen LogP contribution in [0.1, 0.15) is 49.8 Å². The van der Waals surface area contributed by atoms with Crippen molar-refractivity contribution in [3.8, 4) is 5.75 Å². The highest BCUT2D eigenvalue weighted by atomic mass is 16.5. The third-order valence-corrected chi connectivity index (χ3v) is 5.49. The van der Waals surface area contributed by atoms with Gasteiger partial charge in [0.15, 0.2) is 11.6 Å². The van der Waals surface area contributed by atoms with E-state index < -0.39 is 6.10 Å². The second kappa shape index (κ2) is 9.64. The van der Waals surface area contributed by atoms with Crippen molar-refractivity contribution in [3.63, 3.8) is 0 Å². The van der Waals surface area contributed by atoms with Crippen molar-refractivity contribution in [1.82, 2.24) is 4.98 Å². The molecule has 6 nitrogen and oxygen atoms in total. The summed E-state index contributed by atoms with van der Waals surface area (Å²) < 4.78 is 5.96. The quantitative estimate of drug-likeness (QED) is 0.568. The van der Waals surface area contributed by atoms with E-state index in [1.165, 1.54) is 5.56 Å². The second-order valence-corrected chi connectivity index (χ2v) is 8.15. The molecule has 0 fully saturated rings. The summed E-state index contributed by atoms with van der Waals surface area (Å²) in [5, 5.41) is 2.93. The number of hydrogen-bond donors (Lipinski definition) is 1. The molecular weight excluding hydrogens is 402 g/mol. The van der Waals surface area contributed by atoms with E-state index in [2.05, 4.69) is 24.1 Å². The highest BCUT2D eigenvalue weighted by Crippen LogP contribution is 2.37. The number of hydrogen-bond acceptors (Lipinski definition) is 4. The zero-order valence-corrected chi connectivity index (χ0v) is 18.3. The van der Waals surface area contributed by atoms with Crippen LogP contribution in [0.15, 0.2) is 72.9 Å². The fraction of sp³-hybridized carbons (Fsp3) is 0.269. The van der Waals surface area contributed by atoms with E-state index in [9.17, 15) is 9.59 Å². The van der Waals surface area contributed by atoms with Gasteiger partial charge >= 0.3 is 0 Å². The molecule has 2 heterocycles. The molecule has 164 valence electrons. The fourth-order valence-corrected chi connectivity index (χ4v) is 3.73. The summed E-state index contributed by atoms with van der Waals surface area (Å²) in [6.45, 7) is 4.65. The van der Waals surface area contributed by atoms with Crippen LogP contribution in [-0.2, 0) is 9.59 Å². The van der Waals surface area contributed by atoms with Gasteiger partial charge in [-0.05, 0) is 42.2 Å². The van der Waals surface area contributed by atoms with Crippen molar-refractivity contribution in [2.75, 3.05) is 16.8 Å². The molecule has 32 heavy (non-hydrogen) atoms. The van der Waals surface area contributed by atoms with Crippen molar-refractivity contribution in [2.45, 2.75) is 38.7 Å². The highest BCUT2D eigenvalue weighted by molar-refractivity contribution is 5.99. The Balaban J connectivity index is 1.40. The predicted octanol–water partition coefficient (Wildman–Crippen LogP) is 5.09. The molecule has 0 saturated heterocycles. The number of ether oxygens (including phenoxy) is 1. The first-order valence-corrected chi connectivity index (χ1v) is 10.9. The minimum atomic E-state index is -0.721. The molecule has 1 N–H and O–H groups in total. The van der Waals surface area contributed by atoms with Crippen LogP contribution in [0, 0.1) is 0 Å². The standard InChI is InChI=1S/C26H27N3O3/c1-18(2)19-12-14-21(15-13-19)28-23(30)11-7-17-29-25-22(10-6-16-27-25)32-24(26(29)31)20-8-4-3-5-9-20/h3-6,8-10,12-16,18,24H,7,11,17H2,1-2H3,(H,28,30). The minimum Gasteiger partial charge on any atom is -0.472 e. The first-order chi connectivity index (χ1) is 15.5. The van der Waals surface area contributed by atoms with Gasteiger partial charge in [-0.25, -0.2) is 4.98 Å². The van der Waals surface area contributed by atoms with Crippen LogP contribution in [0.2, 0.25) is 0 Å². The van der Waals surface area contributed by atoms with E-state index in [0.717, 1.165) is 11.3 Å². The summed E-state index contributed by atoms with van der Waals surface area (Å²) >= 11 is 0. The number of benzene rings is 2. The average molecular weight is 430 g/mol. The van der Waals surface area contributed by atoms with Gasteiger partial charge < -0.3 is 10.1 Å². The molecule has 2 aromatic carbocycles. The third-order valence-electron chi connectivity index (χ3n) is 5.49. The number of carbonyl (C=O) groups is 2. The van der Waals surface area contributed by atoms with Crippen molar-refractivity contribution in [2.24, 2.45) is 0 Å². The first-order valence-electron chi connectivity index (χ1n) is 10.9. The van der Waals surface area contributed by atoms with Gasteiger partial charge in [0, 0.05) is 30.4 Å². The molecule has 0 aliphatic carbocycles.